The monoisotopic (exact) mass is 320 g/mol. The molecule has 0 aromatic heterocycles. The van der Waals surface area contributed by atoms with Gasteiger partial charge < -0.3 is 5.32 Å². The summed E-state index contributed by atoms with van der Waals surface area (Å²) in [6.07, 6.45) is 2.71. The molecule has 1 saturated heterocycles. The molecular formula is C17H21ClN2O2. The molecule has 1 aromatic carbocycles. The van der Waals surface area contributed by atoms with E-state index in [9.17, 15) is 9.59 Å². The van der Waals surface area contributed by atoms with Crippen molar-refractivity contribution in [3.8, 4) is 0 Å². The molecule has 1 aliphatic heterocycles. The Balaban J connectivity index is 1.68. The molecule has 1 heterocycles. The minimum atomic E-state index is -0.111. The van der Waals surface area contributed by atoms with Gasteiger partial charge in [0, 0.05) is 10.7 Å². The number of fused-ring (bicyclic) bond motifs is 1. The van der Waals surface area contributed by atoms with Crippen molar-refractivity contribution in [2.24, 2.45) is 17.8 Å². The number of likely N-dealkylation sites (tertiary alicyclic amines) is 1. The lowest BCUT2D eigenvalue weighted by Gasteiger charge is -2.25. The lowest BCUT2D eigenvalue weighted by molar-refractivity contribution is -0.139. The number of carbonyl (C=O) groups is 2. The molecule has 118 valence electrons. The summed E-state index contributed by atoms with van der Waals surface area (Å²) in [5.74, 6) is 0.272. The van der Waals surface area contributed by atoms with Crippen molar-refractivity contribution < 1.29 is 9.59 Å². The molecule has 0 radical (unpaired) electrons. The number of benzene rings is 1. The van der Waals surface area contributed by atoms with Gasteiger partial charge in [0.15, 0.2) is 0 Å². The van der Waals surface area contributed by atoms with Gasteiger partial charge in [0.1, 0.15) is 0 Å². The summed E-state index contributed by atoms with van der Waals surface area (Å²) >= 11 is 6.09. The van der Waals surface area contributed by atoms with Crippen LogP contribution in [0.15, 0.2) is 18.2 Å². The molecule has 0 bridgehead atoms. The van der Waals surface area contributed by atoms with Gasteiger partial charge in [0.2, 0.25) is 11.8 Å². The zero-order valence-electron chi connectivity index (χ0n) is 12.9. The van der Waals surface area contributed by atoms with Crippen molar-refractivity contribution in [3.63, 3.8) is 0 Å². The average Bonchev–Trinajstić information content (AvgIpc) is 2.72. The molecule has 1 N–H and O–H groups in total. The van der Waals surface area contributed by atoms with Crippen LogP contribution < -0.4 is 5.32 Å². The van der Waals surface area contributed by atoms with Crippen molar-refractivity contribution in [3.05, 3.63) is 28.8 Å². The fraction of sp³-hybridized carbons (Fsp3) is 0.529. The topological polar surface area (TPSA) is 49.4 Å². The van der Waals surface area contributed by atoms with E-state index in [0.29, 0.717) is 10.9 Å². The third-order valence-corrected chi connectivity index (χ3v) is 5.30. The zero-order chi connectivity index (χ0) is 15.9. The van der Waals surface area contributed by atoms with Crippen LogP contribution in [0, 0.1) is 24.7 Å². The molecule has 1 aromatic rings. The second-order valence-electron chi connectivity index (χ2n) is 6.53. The van der Waals surface area contributed by atoms with Gasteiger partial charge in [0.05, 0.1) is 18.5 Å². The molecule has 2 aliphatic rings. The minimum Gasteiger partial charge on any atom is -0.367 e. The SMILES string of the molecule is Cc1ccc(NCN2C(=O)[C@H]3C[C@H](C)CC[C@H]3C2=O)cc1Cl. The number of nitrogens with zero attached hydrogens (tertiary/aromatic N) is 1. The number of amides is 2. The first-order valence-electron chi connectivity index (χ1n) is 7.82. The van der Waals surface area contributed by atoms with Crippen molar-refractivity contribution >= 4 is 29.1 Å². The van der Waals surface area contributed by atoms with Crippen LogP contribution >= 0.6 is 11.6 Å². The number of carbonyl (C=O) groups excluding carboxylic acids is 2. The maximum Gasteiger partial charge on any atom is 0.234 e. The van der Waals surface area contributed by atoms with Crippen molar-refractivity contribution in [2.75, 3.05) is 12.0 Å². The Bertz CT molecular complexity index is 617. The summed E-state index contributed by atoms with van der Waals surface area (Å²) < 4.78 is 0. The van der Waals surface area contributed by atoms with Gasteiger partial charge in [-0.25, -0.2) is 0 Å². The fourth-order valence-corrected chi connectivity index (χ4v) is 3.67. The normalized spacial score (nSPS) is 28.0. The molecule has 22 heavy (non-hydrogen) atoms. The molecule has 2 amide bonds. The van der Waals surface area contributed by atoms with Crippen LogP contribution in [-0.2, 0) is 9.59 Å². The Morgan fingerprint density at radius 2 is 1.95 bits per heavy atom. The van der Waals surface area contributed by atoms with Crippen LogP contribution in [0.25, 0.3) is 0 Å². The van der Waals surface area contributed by atoms with E-state index in [2.05, 4.69) is 12.2 Å². The number of halogens is 1. The van der Waals surface area contributed by atoms with Crippen LogP contribution in [0.4, 0.5) is 5.69 Å². The number of hydrogen-bond acceptors (Lipinski definition) is 3. The molecule has 4 nitrogen and oxygen atoms in total. The zero-order valence-corrected chi connectivity index (χ0v) is 13.7. The fourth-order valence-electron chi connectivity index (χ4n) is 3.49. The van der Waals surface area contributed by atoms with Crippen LogP contribution in [0.1, 0.15) is 31.7 Å². The first-order chi connectivity index (χ1) is 10.5. The van der Waals surface area contributed by atoms with E-state index >= 15 is 0 Å². The largest absolute Gasteiger partial charge is 0.367 e. The summed E-state index contributed by atoms with van der Waals surface area (Å²) in [6, 6.07) is 5.64. The van der Waals surface area contributed by atoms with Crippen LogP contribution in [0.2, 0.25) is 5.02 Å². The lowest BCUT2D eigenvalue weighted by Crippen LogP contribution is -2.35. The lowest BCUT2D eigenvalue weighted by atomic mass is 9.76. The molecule has 2 fully saturated rings. The van der Waals surface area contributed by atoms with Crippen LogP contribution in [0.5, 0.6) is 0 Å². The summed E-state index contributed by atoms with van der Waals surface area (Å²) in [6.45, 7) is 4.31. The van der Waals surface area contributed by atoms with Gasteiger partial charge in [-0.2, -0.15) is 0 Å². The maximum atomic E-state index is 12.5. The Morgan fingerprint density at radius 3 is 2.68 bits per heavy atom. The number of imide groups is 1. The standard InChI is InChI=1S/C17H21ClN2O2/c1-10-3-6-13-14(7-10)17(22)20(16(13)21)9-19-12-5-4-11(2)15(18)8-12/h4-5,8,10,13-14,19H,3,6-7,9H2,1-2H3/t10-,13-,14+/m1/s1. The highest BCUT2D eigenvalue weighted by Gasteiger charge is 2.49. The van der Waals surface area contributed by atoms with Crippen molar-refractivity contribution in [1.29, 1.82) is 0 Å². The van der Waals surface area contributed by atoms with E-state index in [4.69, 9.17) is 11.6 Å². The Hall–Kier alpha value is -1.55. The average molecular weight is 321 g/mol. The number of rotatable bonds is 3. The van der Waals surface area contributed by atoms with Gasteiger partial charge in [-0.15, -0.1) is 0 Å². The van der Waals surface area contributed by atoms with E-state index in [1.165, 1.54) is 4.90 Å². The number of aryl methyl sites for hydroxylation is 1. The van der Waals surface area contributed by atoms with Gasteiger partial charge in [0.25, 0.3) is 0 Å². The predicted molar refractivity (Wildman–Crippen MR) is 86.5 cm³/mol. The Labute approximate surface area is 135 Å². The molecule has 1 aliphatic carbocycles. The maximum absolute atomic E-state index is 12.5. The molecule has 1 saturated carbocycles. The molecule has 3 atom stereocenters. The van der Waals surface area contributed by atoms with Gasteiger partial charge in [-0.1, -0.05) is 24.6 Å². The summed E-state index contributed by atoms with van der Waals surface area (Å²) in [4.78, 5) is 26.3. The second-order valence-corrected chi connectivity index (χ2v) is 6.94. The highest BCUT2D eigenvalue weighted by atomic mass is 35.5. The van der Waals surface area contributed by atoms with Gasteiger partial charge in [-0.3, -0.25) is 14.5 Å². The number of anilines is 1. The van der Waals surface area contributed by atoms with Gasteiger partial charge >= 0.3 is 0 Å². The van der Waals surface area contributed by atoms with E-state index in [-0.39, 0.29) is 30.3 Å². The van der Waals surface area contributed by atoms with Gasteiger partial charge in [-0.05, 0) is 49.8 Å². The molecular weight excluding hydrogens is 300 g/mol. The van der Waals surface area contributed by atoms with Crippen molar-refractivity contribution in [1.82, 2.24) is 4.90 Å². The highest BCUT2D eigenvalue weighted by molar-refractivity contribution is 6.31. The summed E-state index contributed by atoms with van der Waals surface area (Å²) in [5.41, 5.74) is 1.82. The van der Waals surface area contributed by atoms with E-state index < -0.39 is 0 Å². The Morgan fingerprint density at radius 1 is 1.23 bits per heavy atom. The minimum absolute atomic E-state index is 0.0207. The van der Waals surface area contributed by atoms with E-state index in [1.54, 1.807) is 0 Å². The number of nitrogens with one attached hydrogen (secondary N) is 1. The van der Waals surface area contributed by atoms with Crippen LogP contribution in [-0.4, -0.2) is 23.4 Å². The summed E-state index contributed by atoms with van der Waals surface area (Å²) in [5, 5.41) is 3.81. The summed E-state index contributed by atoms with van der Waals surface area (Å²) in [7, 11) is 0. The van der Waals surface area contributed by atoms with Crippen LogP contribution in [0.3, 0.4) is 0 Å². The molecule has 5 heteroatoms. The first-order valence-corrected chi connectivity index (χ1v) is 8.20. The first kappa shape index (κ1) is 15.3. The molecule has 0 spiro atoms. The van der Waals surface area contributed by atoms with Crippen molar-refractivity contribution in [2.45, 2.75) is 33.1 Å². The Kier molecular flexibility index (Phi) is 4.13. The predicted octanol–water partition coefficient (Wildman–Crippen LogP) is 3.44. The molecule has 3 rings (SSSR count). The quantitative estimate of drug-likeness (QED) is 0.868. The highest BCUT2D eigenvalue weighted by Crippen LogP contribution is 2.40. The van der Waals surface area contributed by atoms with E-state index in [1.807, 2.05) is 25.1 Å². The third-order valence-electron chi connectivity index (χ3n) is 4.89. The third kappa shape index (κ3) is 2.72. The molecule has 0 unspecified atom stereocenters. The smallest absolute Gasteiger partial charge is 0.234 e. The number of hydrogen-bond donors (Lipinski definition) is 1. The second kappa shape index (κ2) is 5.92. The van der Waals surface area contributed by atoms with E-state index in [0.717, 1.165) is 30.5 Å².